The van der Waals surface area contributed by atoms with Crippen LogP contribution in [-0.4, -0.2) is 0 Å². The van der Waals surface area contributed by atoms with Crippen LogP contribution in [0.4, 0.5) is 4.39 Å². The molecule has 0 nitrogen and oxygen atoms in total. The average Bonchev–Trinajstić information content (AvgIpc) is 2.33. The molecule has 0 aliphatic heterocycles. The van der Waals surface area contributed by atoms with Crippen LogP contribution in [0.1, 0.15) is 5.56 Å². The number of thioether (sulfide) groups is 1. The van der Waals surface area contributed by atoms with Crippen molar-refractivity contribution in [3.8, 4) is 0 Å². The molecule has 88 valence electrons. The summed E-state index contributed by atoms with van der Waals surface area (Å²) in [5.74, 6) is 0.499. The molecule has 0 heterocycles. The minimum absolute atomic E-state index is 0.223. The van der Waals surface area contributed by atoms with E-state index in [1.807, 2.05) is 30.3 Å². The first-order chi connectivity index (χ1) is 8.16. The molecule has 2 aromatic rings. The molecule has 0 saturated carbocycles. The maximum atomic E-state index is 13.3. The second-order valence-corrected chi connectivity index (χ2v) is 5.73. The SMILES string of the molecule is Fc1cccc(CSc2ccc(Cl)cc2)c1Br. The molecular weight excluding hydrogens is 323 g/mol. The maximum Gasteiger partial charge on any atom is 0.137 e. The summed E-state index contributed by atoms with van der Waals surface area (Å²) in [6.45, 7) is 0. The first kappa shape index (κ1) is 12.9. The van der Waals surface area contributed by atoms with Gasteiger partial charge in [-0.2, -0.15) is 0 Å². The molecule has 0 aromatic heterocycles. The van der Waals surface area contributed by atoms with Gasteiger partial charge >= 0.3 is 0 Å². The molecule has 0 aliphatic rings. The van der Waals surface area contributed by atoms with Gasteiger partial charge < -0.3 is 0 Å². The van der Waals surface area contributed by atoms with E-state index in [1.54, 1.807) is 17.8 Å². The fraction of sp³-hybridized carbons (Fsp3) is 0.0769. The van der Waals surface area contributed by atoms with Gasteiger partial charge in [0.15, 0.2) is 0 Å². The van der Waals surface area contributed by atoms with Gasteiger partial charge in [0, 0.05) is 15.7 Å². The van der Waals surface area contributed by atoms with E-state index in [1.165, 1.54) is 6.07 Å². The molecule has 0 aliphatic carbocycles. The molecule has 17 heavy (non-hydrogen) atoms. The van der Waals surface area contributed by atoms with E-state index in [9.17, 15) is 4.39 Å². The van der Waals surface area contributed by atoms with Crippen LogP contribution in [0.5, 0.6) is 0 Å². The van der Waals surface area contributed by atoms with E-state index in [0.717, 1.165) is 21.2 Å². The highest BCUT2D eigenvalue weighted by Gasteiger charge is 2.05. The smallest absolute Gasteiger partial charge is 0.137 e. The maximum absolute atomic E-state index is 13.3. The van der Waals surface area contributed by atoms with Crippen molar-refractivity contribution in [1.82, 2.24) is 0 Å². The summed E-state index contributed by atoms with van der Waals surface area (Å²) >= 11 is 10.7. The fourth-order valence-electron chi connectivity index (χ4n) is 1.35. The van der Waals surface area contributed by atoms with E-state index in [0.29, 0.717) is 4.47 Å². The zero-order valence-electron chi connectivity index (χ0n) is 8.79. The lowest BCUT2D eigenvalue weighted by Gasteiger charge is -2.05. The van der Waals surface area contributed by atoms with Crippen LogP contribution in [0.3, 0.4) is 0 Å². The highest BCUT2D eigenvalue weighted by Crippen LogP contribution is 2.28. The lowest BCUT2D eigenvalue weighted by atomic mass is 10.2. The molecule has 0 amide bonds. The Kier molecular flexibility index (Phi) is 4.48. The average molecular weight is 332 g/mol. The highest BCUT2D eigenvalue weighted by atomic mass is 79.9. The van der Waals surface area contributed by atoms with Gasteiger partial charge in [-0.05, 0) is 51.8 Å². The molecule has 0 fully saturated rings. The zero-order valence-corrected chi connectivity index (χ0v) is 11.9. The van der Waals surface area contributed by atoms with Crippen LogP contribution in [0.2, 0.25) is 5.02 Å². The van der Waals surface area contributed by atoms with Crippen molar-refractivity contribution in [2.24, 2.45) is 0 Å². The van der Waals surface area contributed by atoms with Gasteiger partial charge in [-0.15, -0.1) is 11.8 Å². The largest absolute Gasteiger partial charge is 0.206 e. The molecule has 0 saturated heterocycles. The third kappa shape index (κ3) is 3.47. The molecule has 0 atom stereocenters. The van der Waals surface area contributed by atoms with Gasteiger partial charge in [0.2, 0.25) is 0 Å². The van der Waals surface area contributed by atoms with Crippen molar-refractivity contribution < 1.29 is 4.39 Å². The number of hydrogen-bond donors (Lipinski definition) is 0. The summed E-state index contributed by atoms with van der Waals surface area (Å²) in [6.07, 6.45) is 0. The first-order valence-corrected chi connectivity index (χ1v) is 7.14. The van der Waals surface area contributed by atoms with Crippen LogP contribution in [0, 0.1) is 5.82 Å². The molecule has 4 heteroatoms. The number of benzene rings is 2. The molecule has 2 aromatic carbocycles. The Morgan fingerprint density at radius 1 is 1.12 bits per heavy atom. The summed E-state index contributed by atoms with van der Waals surface area (Å²) in [7, 11) is 0. The van der Waals surface area contributed by atoms with Gasteiger partial charge in [0.05, 0.1) is 4.47 Å². The second kappa shape index (κ2) is 5.89. The summed E-state index contributed by atoms with van der Waals surface area (Å²) in [4.78, 5) is 1.12. The van der Waals surface area contributed by atoms with Crippen molar-refractivity contribution in [2.45, 2.75) is 10.6 Å². The predicted molar refractivity (Wildman–Crippen MR) is 75.1 cm³/mol. The van der Waals surface area contributed by atoms with Crippen LogP contribution >= 0.6 is 39.3 Å². The number of rotatable bonds is 3. The van der Waals surface area contributed by atoms with Crippen LogP contribution < -0.4 is 0 Å². The molecule has 0 radical (unpaired) electrons. The number of hydrogen-bond acceptors (Lipinski definition) is 1. The van der Waals surface area contributed by atoms with E-state index in [-0.39, 0.29) is 5.82 Å². The van der Waals surface area contributed by atoms with E-state index in [4.69, 9.17) is 11.6 Å². The molecule has 0 N–H and O–H groups in total. The minimum atomic E-state index is -0.223. The van der Waals surface area contributed by atoms with Crippen molar-refractivity contribution >= 4 is 39.3 Å². The van der Waals surface area contributed by atoms with Gasteiger partial charge in [-0.25, -0.2) is 4.39 Å². The van der Waals surface area contributed by atoms with Crippen molar-refractivity contribution in [2.75, 3.05) is 0 Å². The normalized spacial score (nSPS) is 10.5. The Bertz CT molecular complexity index is 513. The van der Waals surface area contributed by atoms with E-state index < -0.39 is 0 Å². The molecular formula is C13H9BrClFS. The van der Waals surface area contributed by atoms with Gasteiger partial charge in [-0.3, -0.25) is 0 Å². The van der Waals surface area contributed by atoms with Gasteiger partial charge in [0.1, 0.15) is 5.82 Å². The molecule has 0 bridgehead atoms. The van der Waals surface area contributed by atoms with Gasteiger partial charge in [-0.1, -0.05) is 23.7 Å². The fourth-order valence-corrected chi connectivity index (χ4v) is 2.96. The monoisotopic (exact) mass is 330 g/mol. The summed E-state index contributed by atoms with van der Waals surface area (Å²) in [5.41, 5.74) is 0.949. The Hall–Kier alpha value is -0.510. The lowest BCUT2D eigenvalue weighted by Crippen LogP contribution is -1.86. The third-order valence-corrected chi connectivity index (χ3v) is 4.44. The predicted octanol–water partition coefficient (Wildman–Crippen LogP) is 5.53. The van der Waals surface area contributed by atoms with E-state index >= 15 is 0 Å². The van der Waals surface area contributed by atoms with Crippen molar-refractivity contribution in [3.05, 3.63) is 63.3 Å². The summed E-state index contributed by atoms with van der Waals surface area (Å²) in [6, 6.07) is 12.7. The van der Waals surface area contributed by atoms with Crippen LogP contribution in [-0.2, 0) is 5.75 Å². The molecule has 0 spiro atoms. The molecule has 2 rings (SSSR count). The quantitative estimate of drug-likeness (QED) is 0.666. The minimum Gasteiger partial charge on any atom is -0.206 e. The topological polar surface area (TPSA) is 0 Å². The lowest BCUT2D eigenvalue weighted by molar-refractivity contribution is 0.619. The second-order valence-electron chi connectivity index (χ2n) is 3.46. The Morgan fingerprint density at radius 2 is 1.82 bits per heavy atom. The highest BCUT2D eigenvalue weighted by molar-refractivity contribution is 9.10. The zero-order chi connectivity index (χ0) is 12.3. The number of halogens is 3. The third-order valence-electron chi connectivity index (χ3n) is 2.24. The van der Waals surface area contributed by atoms with Crippen LogP contribution in [0.15, 0.2) is 51.8 Å². The summed E-state index contributed by atoms with van der Waals surface area (Å²) < 4.78 is 13.8. The standard InChI is InChI=1S/C13H9BrClFS/c14-13-9(2-1-3-12(13)16)8-17-11-6-4-10(15)5-7-11/h1-7H,8H2. The Morgan fingerprint density at radius 3 is 2.53 bits per heavy atom. The van der Waals surface area contributed by atoms with Crippen molar-refractivity contribution in [1.29, 1.82) is 0 Å². The summed E-state index contributed by atoms with van der Waals surface area (Å²) in [5, 5.41) is 0.723. The van der Waals surface area contributed by atoms with Crippen LogP contribution in [0.25, 0.3) is 0 Å². The molecule has 0 unspecified atom stereocenters. The first-order valence-electron chi connectivity index (χ1n) is 4.98. The van der Waals surface area contributed by atoms with Gasteiger partial charge in [0.25, 0.3) is 0 Å². The van der Waals surface area contributed by atoms with E-state index in [2.05, 4.69) is 15.9 Å². The van der Waals surface area contributed by atoms with Crippen molar-refractivity contribution in [3.63, 3.8) is 0 Å². The Labute approximate surface area is 117 Å². The Balaban J connectivity index is 2.07.